The molecular formula is C36H64F4N2O3S. The molecule has 0 spiro atoms. The minimum absolute atomic E-state index is 0.0787. The first-order chi connectivity index (χ1) is 21.6. The van der Waals surface area contributed by atoms with E-state index in [1.165, 1.54) is 44.7 Å². The third-order valence-corrected chi connectivity index (χ3v) is 6.61. The van der Waals surface area contributed by atoms with E-state index in [0.29, 0.717) is 23.1 Å². The second-order valence-electron chi connectivity index (χ2n) is 10.9. The molecule has 0 bridgehead atoms. The molecule has 0 aliphatic rings. The Morgan fingerprint density at radius 1 is 0.957 bits per heavy atom. The van der Waals surface area contributed by atoms with E-state index >= 15 is 0 Å². The number of hydrogen-bond donors (Lipinski definition) is 3. The van der Waals surface area contributed by atoms with Crippen LogP contribution in [0.1, 0.15) is 124 Å². The van der Waals surface area contributed by atoms with E-state index in [2.05, 4.69) is 50.7 Å². The third-order valence-electron chi connectivity index (χ3n) is 6.61. The molecule has 0 radical (unpaired) electrons. The first-order valence-electron chi connectivity index (χ1n) is 16.2. The van der Waals surface area contributed by atoms with Crippen LogP contribution in [0.25, 0.3) is 0 Å². The number of pyridine rings is 1. The summed E-state index contributed by atoms with van der Waals surface area (Å²) in [6.45, 7) is 20.7. The van der Waals surface area contributed by atoms with Crippen LogP contribution in [0.5, 0.6) is 5.88 Å². The minimum atomic E-state index is -2.64. The van der Waals surface area contributed by atoms with E-state index in [1.54, 1.807) is 26.2 Å². The van der Waals surface area contributed by atoms with Gasteiger partial charge in [-0.1, -0.05) is 60.5 Å². The first kappa shape index (κ1) is 50.7. The van der Waals surface area contributed by atoms with E-state index in [9.17, 15) is 17.6 Å². The number of ether oxygens (including phenoxy) is 1. The zero-order chi connectivity index (χ0) is 36.9. The summed E-state index contributed by atoms with van der Waals surface area (Å²) >= 11 is 3.53. The van der Waals surface area contributed by atoms with Crippen molar-refractivity contribution >= 4 is 18.9 Å². The summed E-state index contributed by atoms with van der Waals surface area (Å²) in [5, 5.41) is 12.2. The van der Waals surface area contributed by atoms with Gasteiger partial charge < -0.3 is 20.0 Å². The van der Waals surface area contributed by atoms with Crippen LogP contribution < -0.4 is 10.1 Å². The molecule has 0 atom stereocenters. The maximum absolute atomic E-state index is 13.9. The fourth-order valence-corrected chi connectivity index (χ4v) is 3.75. The van der Waals surface area contributed by atoms with Crippen molar-refractivity contribution in [3.63, 3.8) is 0 Å². The SMILES string of the molecule is CC.CC=O.CCC(C)(C)O.CCCC(C)(CCC)NC.CCc1cc(C)c(Cc2cc(OCC(F)F)ncc2F)cc1F.CS. The number of nitrogens with zero attached hydrogens (tertiary/aromatic N) is 1. The predicted octanol–water partition coefficient (Wildman–Crippen LogP) is 9.97. The molecule has 10 heteroatoms. The quantitative estimate of drug-likeness (QED) is 0.118. The third kappa shape index (κ3) is 26.0. The average Bonchev–Trinajstić information content (AvgIpc) is 3.02. The second kappa shape index (κ2) is 30.2. The van der Waals surface area contributed by atoms with Gasteiger partial charge in [-0.25, -0.2) is 22.5 Å². The fraction of sp³-hybridized carbons (Fsp3) is 0.667. The zero-order valence-electron chi connectivity index (χ0n) is 30.8. The number of benzene rings is 1. The van der Waals surface area contributed by atoms with Crippen LogP contribution in [-0.2, 0) is 17.6 Å². The predicted molar refractivity (Wildman–Crippen MR) is 191 cm³/mol. The van der Waals surface area contributed by atoms with Crippen molar-refractivity contribution in [1.29, 1.82) is 0 Å². The van der Waals surface area contributed by atoms with Crippen LogP contribution in [0.15, 0.2) is 24.4 Å². The Morgan fingerprint density at radius 2 is 1.43 bits per heavy atom. The van der Waals surface area contributed by atoms with E-state index in [0.717, 1.165) is 24.5 Å². The van der Waals surface area contributed by atoms with Crippen LogP contribution in [-0.4, -0.2) is 53.9 Å². The molecule has 2 N–H and O–H groups in total. The van der Waals surface area contributed by atoms with Gasteiger partial charge in [-0.3, -0.25) is 0 Å². The van der Waals surface area contributed by atoms with Crippen molar-refractivity contribution in [2.45, 2.75) is 139 Å². The van der Waals surface area contributed by atoms with Crippen LogP contribution in [0, 0.1) is 18.6 Å². The van der Waals surface area contributed by atoms with Gasteiger partial charge >= 0.3 is 0 Å². The Balaban J connectivity index is -0.000000317. The molecule has 1 aromatic heterocycles. The normalized spacial score (nSPS) is 10.3. The Kier molecular flexibility index (Phi) is 33.3. The zero-order valence-corrected chi connectivity index (χ0v) is 31.7. The number of thiol groups is 1. The lowest BCUT2D eigenvalue weighted by Crippen LogP contribution is -2.39. The topological polar surface area (TPSA) is 71.5 Å². The van der Waals surface area contributed by atoms with E-state index in [1.807, 2.05) is 34.6 Å². The summed E-state index contributed by atoms with van der Waals surface area (Å²) < 4.78 is 56.9. The Hall–Kier alpha value is -2.17. The van der Waals surface area contributed by atoms with Crippen LogP contribution in [0.2, 0.25) is 0 Å². The number of hydrogen-bond acceptors (Lipinski definition) is 6. The Morgan fingerprint density at radius 3 is 1.80 bits per heavy atom. The van der Waals surface area contributed by atoms with Crippen molar-refractivity contribution in [3.05, 3.63) is 58.3 Å². The second-order valence-corrected chi connectivity index (χ2v) is 10.9. The van der Waals surface area contributed by atoms with Crippen molar-refractivity contribution < 1.29 is 32.2 Å². The summed E-state index contributed by atoms with van der Waals surface area (Å²) in [5.74, 6) is -1.00. The van der Waals surface area contributed by atoms with Crippen molar-refractivity contribution in [2.75, 3.05) is 19.9 Å². The van der Waals surface area contributed by atoms with Gasteiger partial charge in [-0.05, 0) is 102 Å². The van der Waals surface area contributed by atoms with E-state index < -0.39 is 24.5 Å². The minimum Gasteiger partial charge on any atom is -0.472 e. The number of halogens is 4. The molecule has 0 saturated heterocycles. The number of aryl methyl sites for hydroxylation is 2. The Bertz CT molecular complexity index is 1010. The number of alkyl halides is 2. The molecule has 2 aromatic rings. The molecule has 2 rings (SSSR count). The number of carbonyl (C=O) groups excluding carboxylic acids is 1. The molecule has 0 aliphatic heterocycles. The number of aliphatic hydroxyl groups is 1. The van der Waals surface area contributed by atoms with Gasteiger partial charge in [0.2, 0.25) is 5.88 Å². The van der Waals surface area contributed by atoms with Crippen molar-refractivity contribution in [2.24, 2.45) is 0 Å². The molecule has 5 nitrogen and oxygen atoms in total. The lowest BCUT2D eigenvalue weighted by molar-refractivity contribution is -0.106. The van der Waals surface area contributed by atoms with Crippen LogP contribution >= 0.6 is 12.6 Å². The molecule has 0 saturated carbocycles. The smallest absolute Gasteiger partial charge is 0.272 e. The van der Waals surface area contributed by atoms with Crippen LogP contribution in [0.3, 0.4) is 0 Å². The van der Waals surface area contributed by atoms with Gasteiger partial charge in [0.15, 0.2) is 6.61 Å². The molecule has 0 amide bonds. The number of carbonyl (C=O) groups is 1. The molecule has 46 heavy (non-hydrogen) atoms. The van der Waals surface area contributed by atoms with Gasteiger partial charge in [0, 0.05) is 18.0 Å². The summed E-state index contributed by atoms with van der Waals surface area (Å²) in [7, 11) is 2.06. The largest absolute Gasteiger partial charge is 0.472 e. The van der Waals surface area contributed by atoms with Gasteiger partial charge in [-0.2, -0.15) is 12.6 Å². The number of nitrogens with one attached hydrogen (secondary N) is 1. The highest BCUT2D eigenvalue weighted by Crippen LogP contribution is 2.23. The molecular weight excluding hydrogens is 616 g/mol. The summed E-state index contributed by atoms with van der Waals surface area (Å²) in [6, 6.07) is 4.38. The number of rotatable bonds is 12. The Labute approximate surface area is 283 Å². The summed E-state index contributed by atoms with van der Waals surface area (Å²) in [6.07, 6.45) is 7.38. The van der Waals surface area contributed by atoms with Gasteiger partial charge in [0.25, 0.3) is 6.43 Å². The molecule has 0 aliphatic carbocycles. The number of aldehydes is 1. The number of aromatic nitrogens is 1. The van der Waals surface area contributed by atoms with Gasteiger partial charge in [0.05, 0.1) is 11.8 Å². The monoisotopic (exact) mass is 680 g/mol. The van der Waals surface area contributed by atoms with Gasteiger partial charge in [-0.15, -0.1) is 0 Å². The molecule has 0 unspecified atom stereocenters. The van der Waals surface area contributed by atoms with Crippen molar-refractivity contribution in [1.82, 2.24) is 10.3 Å². The lowest BCUT2D eigenvalue weighted by Gasteiger charge is -2.28. The maximum atomic E-state index is 13.9. The van der Waals surface area contributed by atoms with Crippen molar-refractivity contribution in [3.8, 4) is 5.88 Å². The molecule has 1 aromatic carbocycles. The maximum Gasteiger partial charge on any atom is 0.272 e. The first-order valence-corrected chi connectivity index (χ1v) is 17.0. The average molecular weight is 681 g/mol. The van der Waals surface area contributed by atoms with E-state index in [-0.39, 0.29) is 23.7 Å². The standard InChI is InChI=1S/C17H17F4NO.C9H21N.C5H12O.C2H4O.C2H6.CH4S/c1-3-11-4-10(2)12(6-14(11)18)5-13-7-17(22-8-15(13)19)23-9-16(20)21;1-5-7-9(3,10-4)8-6-2;1-4-5(2,3)6;1-2-3;2*1-2/h4,6-8,16H,3,5,9H2,1-2H3;10H,5-8H2,1-4H3;6H,4H2,1-3H3;2H,1H3;1-2H3;2H,1H3. The highest BCUT2D eigenvalue weighted by Gasteiger charge is 2.18. The van der Waals surface area contributed by atoms with Crippen LogP contribution in [0.4, 0.5) is 17.6 Å². The van der Waals surface area contributed by atoms with Gasteiger partial charge in [0.1, 0.15) is 17.9 Å². The van der Waals surface area contributed by atoms with E-state index in [4.69, 9.17) is 14.6 Å². The summed E-state index contributed by atoms with van der Waals surface area (Å²) in [4.78, 5) is 12.4. The highest BCUT2D eigenvalue weighted by atomic mass is 32.1. The fourth-order valence-electron chi connectivity index (χ4n) is 3.75. The molecule has 270 valence electrons. The molecule has 1 heterocycles. The highest BCUT2D eigenvalue weighted by molar-refractivity contribution is 7.79. The lowest BCUT2D eigenvalue weighted by atomic mass is 9.91. The summed E-state index contributed by atoms with van der Waals surface area (Å²) in [5.41, 5.74) is 2.22. The molecule has 0 fully saturated rings.